The summed E-state index contributed by atoms with van der Waals surface area (Å²) in [6, 6.07) is 2.00. The van der Waals surface area contributed by atoms with E-state index in [1.165, 1.54) is 0 Å². The molecule has 1 unspecified atom stereocenters. The van der Waals surface area contributed by atoms with Crippen molar-refractivity contribution in [2.24, 2.45) is 0 Å². The van der Waals surface area contributed by atoms with E-state index in [-0.39, 0.29) is 17.7 Å². The Bertz CT molecular complexity index is 424. The molecule has 114 valence electrons. The third-order valence-electron chi connectivity index (χ3n) is 2.53. The maximum atomic E-state index is 12.8. The summed E-state index contributed by atoms with van der Waals surface area (Å²) in [4.78, 5) is 4.09. The molecule has 1 rings (SSSR count). The Kier molecular flexibility index (Phi) is 6.06. The van der Waals surface area contributed by atoms with Crippen molar-refractivity contribution in [1.82, 2.24) is 4.98 Å². The Hall–Kier alpha value is -1.50. The summed E-state index contributed by atoms with van der Waals surface area (Å²) in [7, 11) is 0. The molecule has 0 aliphatic rings. The lowest BCUT2D eigenvalue weighted by Crippen LogP contribution is -2.21. The molecule has 0 spiro atoms. The zero-order valence-corrected chi connectivity index (χ0v) is 11.8. The number of pyridine rings is 1. The van der Waals surface area contributed by atoms with Crippen molar-refractivity contribution >= 4 is 11.6 Å². The Morgan fingerprint density at radius 3 is 2.30 bits per heavy atom. The second kappa shape index (κ2) is 7.33. The van der Waals surface area contributed by atoms with Crippen LogP contribution < -0.4 is 10.6 Å². The highest BCUT2D eigenvalue weighted by Crippen LogP contribution is 2.32. The van der Waals surface area contributed by atoms with Crippen molar-refractivity contribution < 1.29 is 17.9 Å². The lowest BCUT2D eigenvalue weighted by molar-refractivity contribution is -0.137. The van der Waals surface area contributed by atoms with Crippen LogP contribution in [0.15, 0.2) is 12.1 Å². The molecule has 0 amide bonds. The predicted octanol–water partition coefficient (Wildman–Crippen LogP) is 3.37. The maximum absolute atomic E-state index is 12.8. The van der Waals surface area contributed by atoms with E-state index in [1.807, 2.05) is 13.8 Å². The highest BCUT2D eigenvalue weighted by molar-refractivity contribution is 5.49. The number of nitrogens with one attached hydrogen (secondary N) is 2. The average molecular weight is 291 g/mol. The molecule has 0 fully saturated rings. The molecular weight excluding hydrogens is 271 g/mol. The largest absolute Gasteiger partial charge is 0.416 e. The van der Waals surface area contributed by atoms with Crippen molar-refractivity contribution in [2.75, 3.05) is 30.3 Å². The minimum absolute atomic E-state index is 0.0982. The summed E-state index contributed by atoms with van der Waals surface area (Å²) in [5, 5.41) is 5.66. The van der Waals surface area contributed by atoms with Gasteiger partial charge in [0.1, 0.15) is 11.6 Å². The molecule has 0 aliphatic heterocycles. The van der Waals surface area contributed by atoms with E-state index < -0.39 is 11.7 Å². The maximum Gasteiger partial charge on any atom is 0.416 e. The third kappa shape index (κ3) is 5.24. The van der Waals surface area contributed by atoms with Crippen LogP contribution >= 0.6 is 0 Å². The van der Waals surface area contributed by atoms with Gasteiger partial charge in [0.15, 0.2) is 0 Å². The number of hydrogen-bond acceptors (Lipinski definition) is 4. The Balaban J connectivity index is 2.86. The minimum atomic E-state index is -4.39. The number of aromatic nitrogens is 1. The van der Waals surface area contributed by atoms with Crippen LogP contribution in [-0.4, -0.2) is 30.8 Å². The first-order valence-corrected chi connectivity index (χ1v) is 6.55. The molecule has 1 atom stereocenters. The van der Waals surface area contributed by atoms with E-state index in [0.717, 1.165) is 12.1 Å². The first-order valence-electron chi connectivity index (χ1n) is 6.55. The molecule has 4 nitrogen and oxygen atoms in total. The minimum Gasteiger partial charge on any atom is -0.377 e. The van der Waals surface area contributed by atoms with Crippen LogP contribution in [0, 0.1) is 0 Å². The monoisotopic (exact) mass is 291 g/mol. The molecule has 20 heavy (non-hydrogen) atoms. The predicted molar refractivity (Wildman–Crippen MR) is 73.0 cm³/mol. The van der Waals surface area contributed by atoms with E-state index in [4.69, 9.17) is 4.74 Å². The summed E-state index contributed by atoms with van der Waals surface area (Å²) < 4.78 is 43.7. The molecule has 0 bridgehead atoms. The molecular formula is C13H20F3N3O. The van der Waals surface area contributed by atoms with Crippen molar-refractivity contribution in [3.63, 3.8) is 0 Å². The van der Waals surface area contributed by atoms with Gasteiger partial charge in [0.05, 0.1) is 11.7 Å². The smallest absolute Gasteiger partial charge is 0.377 e. The van der Waals surface area contributed by atoms with Gasteiger partial charge < -0.3 is 15.4 Å². The average Bonchev–Trinajstić information content (AvgIpc) is 2.36. The number of hydrogen-bond donors (Lipinski definition) is 2. The fraction of sp³-hybridized carbons (Fsp3) is 0.615. The van der Waals surface area contributed by atoms with Gasteiger partial charge in [-0.2, -0.15) is 13.2 Å². The zero-order valence-electron chi connectivity index (χ0n) is 11.8. The standard InChI is InChI=1S/C13H20F3N3O/c1-4-17-11-6-10(13(14,15)16)7-12(19-11)18-8-9(3)20-5-2/h6-7,9H,4-5,8H2,1-3H3,(H2,17,18,19). The summed E-state index contributed by atoms with van der Waals surface area (Å²) in [6.45, 7) is 6.96. The molecule has 0 aromatic carbocycles. The number of halogens is 3. The van der Waals surface area contributed by atoms with E-state index in [2.05, 4.69) is 15.6 Å². The normalized spacial score (nSPS) is 13.1. The van der Waals surface area contributed by atoms with Gasteiger partial charge in [-0.3, -0.25) is 0 Å². The summed E-state index contributed by atoms with van der Waals surface area (Å²) in [5.41, 5.74) is -0.727. The van der Waals surface area contributed by atoms with Crippen LogP contribution in [-0.2, 0) is 10.9 Å². The number of anilines is 2. The lowest BCUT2D eigenvalue weighted by atomic mass is 10.2. The van der Waals surface area contributed by atoms with Gasteiger partial charge in [0, 0.05) is 19.7 Å². The first-order chi connectivity index (χ1) is 9.36. The van der Waals surface area contributed by atoms with Gasteiger partial charge in [-0.25, -0.2) is 4.98 Å². The molecule has 0 saturated heterocycles. The second-order valence-electron chi connectivity index (χ2n) is 4.30. The Morgan fingerprint density at radius 2 is 1.80 bits per heavy atom. The van der Waals surface area contributed by atoms with Gasteiger partial charge in [-0.15, -0.1) is 0 Å². The lowest BCUT2D eigenvalue weighted by Gasteiger charge is -2.16. The van der Waals surface area contributed by atoms with Gasteiger partial charge in [0.2, 0.25) is 0 Å². The fourth-order valence-corrected chi connectivity index (χ4v) is 1.65. The third-order valence-corrected chi connectivity index (χ3v) is 2.53. The Morgan fingerprint density at radius 1 is 1.20 bits per heavy atom. The summed E-state index contributed by atoms with van der Waals surface area (Å²) in [6.07, 6.45) is -4.49. The fourth-order valence-electron chi connectivity index (χ4n) is 1.65. The Labute approximate surface area is 116 Å². The summed E-state index contributed by atoms with van der Waals surface area (Å²) in [5.74, 6) is 0.385. The molecule has 1 aromatic rings. The highest BCUT2D eigenvalue weighted by Gasteiger charge is 2.31. The molecule has 0 radical (unpaired) electrons. The van der Waals surface area contributed by atoms with Crippen LogP contribution in [0.25, 0.3) is 0 Å². The van der Waals surface area contributed by atoms with Crippen LogP contribution in [0.4, 0.5) is 24.8 Å². The molecule has 0 aliphatic carbocycles. The molecule has 1 aromatic heterocycles. The van der Waals surface area contributed by atoms with Crippen molar-refractivity contribution in [2.45, 2.75) is 33.1 Å². The van der Waals surface area contributed by atoms with E-state index >= 15 is 0 Å². The van der Waals surface area contributed by atoms with Crippen LogP contribution in [0.3, 0.4) is 0 Å². The first kappa shape index (κ1) is 16.6. The van der Waals surface area contributed by atoms with Crippen LogP contribution in [0.2, 0.25) is 0 Å². The molecule has 1 heterocycles. The van der Waals surface area contributed by atoms with Crippen LogP contribution in [0.1, 0.15) is 26.3 Å². The number of nitrogens with zero attached hydrogens (tertiary/aromatic N) is 1. The van der Waals surface area contributed by atoms with Crippen molar-refractivity contribution in [3.05, 3.63) is 17.7 Å². The number of ether oxygens (including phenoxy) is 1. The van der Waals surface area contributed by atoms with E-state index in [9.17, 15) is 13.2 Å². The van der Waals surface area contributed by atoms with E-state index in [0.29, 0.717) is 19.7 Å². The van der Waals surface area contributed by atoms with Crippen molar-refractivity contribution in [1.29, 1.82) is 0 Å². The van der Waals surface area contributed by atoms with E-state index in [1.54, 1.807) is 6.92 Å². The number of alkyl halides is 3. The van der Waals surface area contributed by atoms with Gasteiger partial charge in [0.25, 0.3) is 0 Å². The quantitative estimate of drug-likeness (QED) is 0.808. The summed E-state index contributed by atoms with van der Waals surface area (Å²) >= 11 is 0. The van der Waals surface area contributed by atoms with Crippen LogP contribution in [0.5, 0.6) is 0 Å². The molecule has 2 N–H and O–H groups in total. The zero-order chi connectivity index (χ0) is 15.2. The van der Waals surface area contributed by atoms with Gasteiger partial charge >= 0.3 is 6.18 Å². The van der Waals surface area contributed by atoms with Crippen molar-refractivity contribution in [3.8, 4) is 0 Å². The van der Waals surface area contributed by atoms with Gasteiger partial charge in [-0.1, -0.05) is 0 Å². The second-order valence-corrected chi connectivity index (χ2v) is 4.30. The number of rotatable bonds is 7. The SMILES string of the molecule is CCNc1cc(C(F)(F)F)cc(NCC(C)OCC)n1. The highest BCUT2D eigenvalue weighted by atomic mass is 19.4. The topological polar surface area (TPSA) is 46.2 Å². The molecule has 0 saturated carbocycles. The molecule has 7 heteroatoms. The van der Waals surface area contributed by atoms with Gasteiger partial charge in [-0.05, 0) is 32.9 Å².